The van der Waals surface area contributed by atoms with Crippen molar-refractivity contribution in [1.29, 1.82) is 0 Å². The second-order valence-corrected chi connectivity index (χ2v) is 5.91. The van der Waals surface area contributed by atoms with Gasteiger partial charge in [0, 0.05) is 10.4 Å². The molecule has 4 heteroatoms. The molecular weight excluding hydrogens is 278 g/mol. The molecule has 1 N–H and O–H groups in total. The molecule has 0 saturated carbocycles. The van der Waals surface area contributed by atoms with Crippen LogP contribution in [0.4, 0.5) is 0 Å². The van der Waals surface area contributed by atoms with E-state index < -0.39 is 0 Å². The van der Waals surface area contributed by atoms with Crippen LogP contribution in [0, 0.1) is 13.8 Å². The molecular formula is C15H18ClNOS. The van der Waals surface area contributed by atoms with Gasteiger partial charge in [0.1, 0.15) is 5.75 Å². The summed E-state index contributed by atoms with van der Waals surface area (Å²) in [5.41, 5.74) is 3.56. The predicted molar refractivity (Wildman–Crippen MR) is 82.7 cm³/mol. The maximum absolute atomic E-state index is 6.27. The summed E-state index contributed by atoms with van der Waals surface area (Å²) in [5.74, 6) is 0.904. The first-order chi connectivity index (χ1) is 9.08. The number of rotatable bonds is 4. The molecule has 0 saturated heterocycles. The van der Waals surface area contributed by atoms with Crippen molar-refractivity contribution in [2.75, 3.05) is 14.2 Å². The minimum atomic E-state index is 0.0584. The number of methoxy groups -OCH3 is 1. The number of ether oxygens (including phenoxy) is 1. The van der Waals surface area contributed by atoms with Crippen molar-refractivity contribution in [3.05, 3.63) is 50.2 Å². The van der Waals surface area contributed by atoms with Crippen molar-refractivity contribution in [3.8, 4) is 5.75 Å². The summed E-state index contributed by atoms with van der Waals surface area (Å²) in [4.78, 5) is 1.12. The number of halogens is 1. The van der Waals surface area contributed by atoms with Gasteiger partial charge in [-0.25, -0.2) is 0 Å². The van der Waals surface area contributed by atoms with Crippen molar-refractivity contribution in [1.82, 2.24) is 5.32 Å². The first kappa shape index (κ1) is 14.4. The van der Waals surface area contributed by atoms with Gasteiger partial charge in [0.2, 0.25) is 0 Å². The predicted octanol–water partition coefficient (Wildman–Crippen LogP) is 4.34. The Hall–Kier alpha value is -1.03. The Morgan fingerprint density at radius 1 is 1.32 bits per heavy atom. The highest BCUT2D eigenvalue weighted by Crippen LogP contribution is 2.38. The zero-order chi connectivity index (χ0) is 14.0. The molecule has 2 rings (SSSR count). The van der Waals surface area contributed by atoms with Gasteiger partial charge in [-0.3, -0.25) is 0 Å². The van der Waals surface area contributed by atoms with Crippen LogP contribution < -0.4 is 10.1 Å². The molecule has 0 bridgehead atoms. The van der Waals surface area contributed by atoms with E-state index in [4.69, 9.17) is 16.3 Å². The van der Waals surface area contributed by atoms with Gasteiger partial charge in [-0.15, -0.1) is 11.3 Å². The fourth-order valence-corrected chi connectivity index (χ4v) is 3.68. The zero-order valence-corrected chi connectivity index (χ0v) is 13.2. The van der Waals surface area contributed by atoms with Gasteiger partial charge in [0.05, 0.1) is 18.2 Å². The maximum atomic E-state index is 6.27. The molecule has 0 radical (unpaired) electrons. The molecule has 1 heterocycles. The average molecular weight is 296 g/mol. The summed E-state index contributed by atoms with van der Waals surface area (Å²) in [6.07, 6.45) is 0. The molecule has 2 nitrogen and oxygen atoms in total. The fourth-order valence-electron chi connectivity index (χ4n) is 2.40. The number of hydrogen-bond acceptors (Lipinski definition) is 3. The van der Waals surface area contributed by atoms with Crippen molar-refractivity contribution in [2.45, 2.75) is 19.9 Å². The second kappa shape index (κ2) is 5.95. The van der Waals surface area contributed by atoms with Crippen LogP contribution in [0.3, 0.4) is 0 Å². The van der Waals surface area contributed by atoms with E-state index in [-0.39, 0.29) is 6.04 Å². The molecule has 0 spiro atoms. The second-order valence-electron chi connectivity index (χ2n) is 4.55. The average Bonchev–Trinajstić information content (AvgIpc) is 2.78. The standard InChI is InChI=1S/C15H18ClNOS/c1-9-7-10(2)13(12(8-9)18-4)14(17-3)15-11(16)5-6-19-15/h5-8,14,17H,1-4H3. The van der Waals surface area contributed by atoms with Crippen LogP contribution in [0.25, 0.3) is 0 Å². The van der Waals surface area contributed by atoms with Gasteiger partial charge in [-0.1, -0.05) is 17.7 Å². The van der Waals surface area contributed by atoms with Gasteiger partial charge in [-0.05, 0) is 49.5 Å². The number of benzene rings is 1. The Morgan fingerprint density at radius 2 is 2.05 bits per heavy atom. The molecule has 0 fully saturated rings. The Morgan fingerprint density at radius 3 is 2.58 bits per heavy atom. The number of hydrogen-bond donors (Lipinski definition) is 1. The fraction of sp³-hybridized carbons (Fsp3) is 0.333. The van der Waals surface area contributed by atoms with Gasteiger partial charge in [0.25, 0.3) is 0 Å². The molecule has 1 aromatic carbocycles. The third-order valence-electron chi connectivity index (χ3n) is 3.20. The number of aryl methyl sites for hydroxylation is 2. The monoisotopic (exact) mass is 295 g/mol. The Labute approximate surface area is 123 Å². The van der Waals surface area contributed by atoms with Crippen LogP contribution >= 0.6 is 22.9 Å². The number of thiophene rings is 1. The topological polar surface area (TPSA) is 21.3 Å². The number of nitrogens with one attached hydrogen (secondary N) is 1. The third kappa shape index (κ3) is 2.78. The molecule has 0 aliphatic rings. The lowest BCUT2D eigenvalue weighted by Crippen LogP contribution is -2.19. The van der Waals surface area contributed by atoms with Crippen molar-refractivity contribution < 1.29 is 4.74 Å². The summed E-state index contributed by atoms with van der Waals surface area (Å²) >= 11 is 7.93. The third-order valence-corrected chi connectivity index (χ3v) is 4.62. The lowest BCUT2D eigenvalue weighted by Gasteiger charge is -2.21. The van der Waals surface area contributed by atoms with Crippen LogP contribution in [-0.4, -0.2) is 14.2 Å². The van der Waals surface area contributed by atoms with E-state index in [0.29, 0.717) is 0 Å². The van der Waals surface area contributed by atoms with Gasteiger partial charge < -0.3 is 10.1 Å². The van der Waals surface area contributed by atoms with Crippen molar-refractivity contribution in [3.63, 3.8) is 0 Å². The zero-order valence-electron chi connectivity index (χ0n) is 11.6. The summed E-state index contributed by atoms with van der Waals surface area (Å²) in [6.45, 7) is 4.18. The molecule has 2 aromatic rings. The highest BCUT2D eigenvalue weighted by Gasteiger charge is 2.22. The van der Waals surface area contributed by atoms with E-state index in [1.165, 1.54) is 11.1 Å². The van der Waals surface area contributed by atoms with Gasteiger partial charge in [-0.2, -0.15) is 0 Å². The van der Waals surface area contributed by atoms with E-state index in [1.807, 2.05) is 18.5 Å². The molecule has 19 heavy (non-hydrogen) atoms. The van der Waals surface area contributed by atoms with E-state index in [2.05, 4.69) is 31.3 Å². The SMILES string of the molecule is CNC(c1sccc1Cl)c1c(C)cc(C)cc1OC. The van der Waals surface area contributed by atoms with Crippen molar-refractivity contribution in [2.24, 2.45) is 0 Å². The highest BCUT2D eigenvalue weighted by molar-refractivity contribution is 7.10. The Balaban J connectivity index is 2.59. The minimum absolute atomic E-state index is 0.0584. The first-order valence-electron chi connectivity index (χ1n) is 6.13. The smallest absolute Gasteiger partial charge is 0.124 e. The summed E-state index contributed by atoms with van der Waals surface area (Å²) in [5, 5.41) is 6.15. The molecule has 0 aliphatic carbocycles. The first-order valence-corrected chi connectivity index (χ1v) is 7.39. The van der Waals surface area contributed by atoms with E-state index in [9.17, 15) is 0 Å². The largest absolute Gasteiger partial charge is 0.496 e. The van der Waals surface area contributed by atoms with Crippen LogP contribution in [0.5, 0.6) is 5.75 Å². The van der Waals surface area contributed by atoms with Crippen LogP contribution in [-0.2, 0) is 0 Å². The van der Waals surface area contributed by atoms with E-state index in [1.54, 1.807) is 18.4 Å². The Kier molecular flexibility index (Phi) is 4.50. The molecule has 1 unspecified atom stereocenters. The highest BCUT2D eigenvalue weighted by atomic mass is 35.5. The quantitative estimate of drug-likeness (QED) is 0.906. The molecule has 1 atom stereocenters. The summed E-state index contributed by atoms with van der Waals surface area (Å²) < 4.78 is 5.55. The minimum Gasteiger partial charge on any atom is -0.496 e. The Bertz CT molecular complexity index is 580. The van der Waals surface area contributed by atoms with E-state index >= 15 is 0 Å². The van der Waals surface area contributed by atoms with Crippen LogP contribution in [0.1, 0.15) is 27.6 Å². The van der Waals surface area contributed by atoms with Gasteiger partial charge >= 0.3 is 0 Å². The summed E-state index contributed by atoms with van der Waals surface area (Å²) in [6, 6.07) is 6.22. The molecule has 102 valence electrons. The summed E-state index contributed by atoms with van der Waals surface area (Å²) in [7, 11) is 3.65. The lowest BCUT2D eigenvalue weighted by atomic mass is 9.97. The van der Waals surface area contributed by atoms with Gasteiger partial charge in [0.15, 0.2) is 0 Å². The maximum Gasteiger partial charge on any atom is 0.124 e. The van der Waals surface area contributed by atoms with E-state index in [0.717, 1.165) is 21.2 Å². The molecule has 1 aromatic heterocycles. The van der Waals surface area contributed by atoms with Crippen molar-refractivity contribution >= 4 is 22.9 Å². The normalized spacial score (nSPS) is 12.5. The lowest BCUT2D eigenvalue weighted by molar-refractivity contribution is 0.405. The molecule has 0 aliphatic heterocycles. The molecule has 0 amide bonds. The van der Waals surface area contributed by atoms with Crippen LogP contribution in [0.15, 0.2) is 23.6 Å². The van der Waals surface area contributed by atoms with Crippen LogP contribution in [0.2, 0.25) is 5.02 Å².